The highest BCUT2D eigenvalue weighted by atomic mass is 16.1. The number of aromatic amines is 1. The molecule has 1 N–H and O–H groups in total. The van der Waals surface area contributed by atoms with E-state index >= 15 is 0 Å². The van der Waals surface area contributed by atoms with E-state index in [1.54, 1.807) is 4.68 Å². The quantitative estimate of drug-likeness (QED) is 0.518. The van der Waals surface area contributed by atoms with Gasteiger partial charge in [-0.3, -0.25) is 9.48 Å². The summed E-state index contributed by atoms with van der Waals surface area (Å²) < 4.78 is 1.78. The molecule has 3 aromatic heterocycles. The first-order valence-electron chi connectivity index (χ1n) is 9.17. The summed E-state index contributed by atoms with van der Waals surface area (Å²) in [7, 11) is 1.89. The molecule has 1 aliphatic rings. The van der Waals surface area contributed by atoms with Crippen molar-refractivity contribution in [1.82, 2.24) is 19.7 Å². The second kappa shape index (κ2) is 5.64. The van der Waals surface area contributed by atoms with Gasteiger partial charge in [0.2, 0.25) is 5.78 Å². The number of aromatic nitrogens is 4. The maximum Gasteiger partial charge on any atom is 0.205 e. The number of carbonyl (C=O) groups is 1. The van der Waals surface area contributed by atoms with Crippen molar-refractivity contribution in [3.8, 4) is 0 Å². The first-order chi connectivity index (χ1) is 13.0. The molecule has 0 atom stereocenters. The SMILES string of the molecule is Cc1ccc2[nH]c3c(c2c1)CC/C(=C/c1cnc2c(c1)c(C)nn2C)C3=O. The Morgan fingerprint density at radius 3 is 2.85 bits per heavy atom. The summed E-state index contributed by atoms with van der Waals surface area (Å²) in [5.74, 6) is 0.0908. The van der Waals surface area contributed by atoms with Crippen molar-refractivity contribution < 1.29 is 4.79 Å². The second-order valence-corrected chi connectivity index (χ2v) is 7.38. The molecule has 134 valence electrons. The third-order valence-electron chi connectivity index (χ3n) is 5.45. The Labute approximate surface area is 156 Å². The highest BCUT2D eigenvalue weighted by Gasteiger charge is 2.26. The van der Waals surface area contributed by atoms with E-state index in [1.807, 2.05) is 26.2 Å². The Hall–Kier alpha value is -3.21. The average molecular weight is 356 g/mol. The number of pyridine rings is 1. The van der Waals surface area contributed by atoms with Crippen molar-refractivity contribution in [3.63, 3.8) is 0 Å². The molecular weight excluding hydrogens is 336 g/mol. The summed E-state index contributed by atoms with van der Waals surface area (Å²) in [4.78, 5) is 20.9. The smallest absolute Gasteiger partial charge is 0.205 e. The fraction of sp³-hybridized carbons (Fsp3) is 0.227. The molecule has 1 aromatic carbocycles. The van der Waals surface area contributed by atoms with Crippen LogP contribution in [-0.2, 0) is 13.5 Å². The fourth-order valence-electron chi connectivity index (χ4n) is 4.09. The van der Waals surface area contributed by atoms with Crippen LogP contribution >= 0.6 is 0 Å². The van der Waals surface area contributed by atoms with E-state index in [0.717, 1.165) is 57.5 Å². The molecule has 1 aliphatic carbocycles. The van der Waals surface area contributed by atoms with Crippen molar-refractivity contribution in [2.45, 2.75) is 26.7 Å². The summed E-state index contributed by atoms with van der Waals surface area (Å²) >= 11 is 0. The van der Waals surface area contributed by atoms with Gasteiger partial charge < -0.3 is 4.98 Å². The summed E-state index contributed by atoms with van der Waals surface area (Å²) in [6.45, 7) is 4.06. The van der Waals surface area contributed by atoms with Gasteiger partial charge in [-0.15, -0.1) is 0 Å². The normalized spacial score (nSPS) is 15.8. The number of carbonyl (C=O) groups excluding carboxylic acids is 1. The van der Waals surface area contributed by atoms with Crippen LogP contribution in [0.1, 0.15) is 39.3 Å². The minimum absolute atomic E-state index is 0.0908. The number of nitrogens with zero attached hydrogens (tertiary/aromatic N) is 3. The molecule has 27 heavy (non-hydrogen) atoms. The number of allylic oxidation sites excluding steroid dienone is 1. The van der Waals surface area contributed by atoms with E-state index in [1.165, 1.54) is 10.9 Å². The molecule has 4 aromatic rings. The average Bonchev–Trinajstić information content (AvgIpc) is 3.15. The molecule has 5 rings (SSSR count). The molecule has 5 heteroatoms. The van der Waals surface area contributed by atoms with Crippen molar-refractivity contribution >= 4 is 33.8 Å². The summed E-state index contributed by atoms with van der Waals surface area (Å²) in [6, 6.07) is 8.36. The van der Waals surface area contributed by atoms with Gasteiger partial charge in [0.25, 0.3) is 0 Å². The van der Waals surface area contributed by atoms with Crippen LogP contribution in [0.2, 0.25) is 0 Å². The summed E-state index contributed by atoms with van der Waals surface area (Å²) in [5, 5.41) is 6.61. The van der Waals surface area contributed by atoms with Crippen LogP contribution in [-0.4, -0.2) is 25.5 Å². The lowest BCUT2D eigenvalue weighted by Crippen LogP contribution is -2.13. The first kappa shape index (κ1) is 16.0. The van der Waals surface area contributed by atoms with Gasteiger partial charge in [0.05, 0.1) is 11.4 Å². The van der Waals surface area contributed by atoms with E-state index in [4.69, 9.17) is 0 Å². The van der Waals surface area contributed by atoms with Gasteiger partial charge in [0.15, 0.2) is 5.65 Å². The molecule has 0 saturated heterocycles. The Morgan fingerprint density at radius 1 is 1.15 bits per heavy atom. The van der Waals surface area contributed by atoms with Crippen molar-refractivity contribution in [1.29, 1.82) is 0 Å². The van der Waals surface area contributed by atoms with Crippen LogP contribution in [0.4, 0.5) is 0 Å². The van der Waals surface area contributed by atoms with Crippen molar-refractivity contribution in [3.05, 3.63) is 64.1 Å². The molecule has 0 aliphatic heterocycles. The van der Waals surface area contributed by atoms with E-state index in [-0.39, 0.29) is 5.78 Å². The van der Waals surface area contributed by atoms with Crippen LogP contribution in [0.25, 0.3) is 28.0 Å². The van der Waals surface area contributed by atoms with Gasteiger partial charge >= 0.3 is 0 Å². The van der Waals surface area contributed by atoms with E-state index in [9.17, 15) is 4.79 Å². The molecule has 3 heterocycles. The van der Waals surface area contributed by atoms with E-state index in [2.05, 4.69) is 46.3 Å². The van der Waals surface area contributed by atoms with Crippen LogP contribution in [0.5, 0.6) is 0 Å². The lowest BCUT2D eigenvalue weighted by molar-refractivity contribution is 0.102. The molecule has 0 spiro atoms. The van der Waals surface area contributed by atoms with Crippen molar-refractivity contribution in [2.75, 3.05) is 0 Å². The molecule has 0 radical (unpaired) electrons. The number of hydrogen-bond donors (Lipinski definition) is 1. The van der Waals surface area contributed by atoms with Crippen LogP contribution in [0.3, 0.4) is 0 Å². The van der Waals surface area contributed by atoms with Crippen LogP contribution in [0.15, 0.2) is 36.0 Å². The van der Waals surface area contributed by atoms with Gasteiger partial charge in [-0.1, -0.05) is 11.6 Å². The molecule has 0 unspecified atom stereocenters. The maximum atomic E-state index is 13.1. The van der Waals surface area contributed by atoms with Crippen molar-refractivity contribution in [2.24, 2.45) is 7.05 Å². The largest absolute Gasteiger partial charge is 0.352 e. The van der Waals surface area contributed by atoms with Gasteiger partial charge in [-0.2, -0.15) is 5.10 Å². The monoisotopic (exact) mass is 356 g/mol. The Bertz CT molecular complexity index is 1270. The predicted octanol–water partition coefficient (Wildman–Crippen LogP) is 4.28. The fourth-order valence-corrected chi connectivity index (χ4v) is 4.09. The molecular formula is C22H20N4O. The zero-order valence-corrected chi connectivity index (χ0v) is 15.6. The third-order valence-corrected chi connectivity index (χ3v) is 5.45. The zero-order chi connectivity index (χ0) is 18.7. The zero-order valence-electron chi connectivity index (χ0n) is 15.6. The molecule has 0 fully saturated rings. The Morgan fingerprint density at radius 2 is 2.00 bits per heavy atom. The Kier molecular flexibility index (Phi) is 3.34. The van der Waals surface area contributed by atoms with Gasteiger partial charge in [-0.05, 0) is 62.1 Å². The third kappa shape index (κ3) is 2.42. The van der Waals surface area contributed by atoms with Gasteiger partial charge in [-0.25, -0.2) is 4.98 Å². The Balaban J connectivity index is 1.58. The number of ketones is 1. The summed E-state index contributed by atoms with van der Waals surface area (Å²) in [6.07, 6.45) is 5.41. The number of aryl methyl sites for hydroxylation is 4. The highest BCUT2D eigenvalue weighted by Crippen LogP contribution is 2.33. The van der Waals surface area contributed by atoms with E-state index in [0.29, 0.717) is 0 Å². The second-order valence-electron chi connectivity index (χ2n) is 7.38. The number of fused-ring (bicyclic) bond motifs is 4. The number of nitrogens with one attached hydrogen (secondary N) is 1. The molecule has 0 amide bonds. The minimum Gasteiger partial charge on any atom is -0.352 e. The number of Topliss-reactive ketones (excluding diaryl/α,β-unsaturated/α-hetero) is 1. The lowest BCUT2D eigenvalue weighted by Gasteiger charge is -2.14. The lowest BCUT2D eigenvalue weighted by atomic mass is 9.89. The number of hydrogen-bond acceptors (Lipinski definition) is 3. The predicted molar refractivity (Wildman–Crippen MR) is 107 cm³/mol. The van der Waals surface area contributed by atoms with Gasteiger partial charge in [0, 0.05) is 35.1 Å². The van der Waals surface area contributed by atoms with Gasteiger partial charge in [0.1, 0.15) is 0 Å². The molecule has 0 bridgehead atoms. The number of benzene rings is 1. The molecule has 0 saturated carbocycles. The minimum atomic E-state index is 0.0908. The first-order valence-corrected chi connectivity index (χ1v) is 9.17. The summed E-state index contributed by atoms with van der Waals surface area (Å²) in [5.41, 5.74) is 7.71. The maximum absolute atomic E-state index is 13.1. The van der Waals surface area contributed by atoms with E-state index < -0.39 is 0 Å². The van der Waals surface area contributed by atoms with Crippen LogP contribution in [0, 0.1) is 13.8 Å². The standard InChI is InChI=1S/C22H20N4O/c1-12-4-7-19-18(8-12)16-6-5-15(21(27)20(16)24-19)9-14-10-17-13(2)25-26(3)22(17)23-11-14/h4,7-11,24H,5-6H2,1-3H3/b15-9-. The topological polar surface area (TPSA) is 63.6 Å². The number of H-pyrrole nitrogens is 1. The molecule has 5 nitrogen and oxygen atoms in total. The van der Waals surface area contributed by atoms with Crippen LogP contribution < -0.4 is 0 Å². The number of rotatable bonds is 1. The highest BCUT2D eigenvalue weighted by molar-refractivity contribution is 6.15.